The van der Waals surface area contributed by atoms with Crippen LogP contribution in [0.3, 0.4) is 0 Å². The first kappa shape index (κ1) is 18.6. The summed E-state index contributed by atoms with van der Waals surface area (Å²) >= 11 is 0. The highest BCUT2D eigenvalue weighted by molar-refractivity contribution is 7.89. The van der Waals surface area contributed by atoms with Crippen LogP contribution in [-0.2, 0) is 26.0 Å². The maximum absolute atomic E-state index is 12.9. The van der Waals surface area contributed by atoms with Gasteiger partial charge in [0.2, 0.25) is 15.9 Å². The Bertz CT molecular complexity index is 856. The van der Waals surface area contributed by atoms with Crippen LogP contribution in [0, 0.1) is 6.92 Å². The highest BCUT2D eigenvalue weighted by Crippen LogP contribution is 2.24. The second-order valence-corrected chi connectivity index (χ2v) is 8.03. The molecule has 0 aliphatic carbocycles. The third-order valence-corrected chi connectivity index (χ3v) is 6.28. The molecule has 1 aromatic heterocycles. The maximum Gasteiger partial charge on any atom is 0.243 e. The molecule has 26 heavy (non-hydrogen) atoms. The third-order valence-electron chi connectivity index (χ3n) is 4.24. The van der Waals surface area contributed by atoms with Crippen LogP contribution in [0.4, 0.5) is 5.69 Å². The van der Waals surface area contributed by atoms with E-state index in [1.807, 2.05) is 6.07 Å². The SMILES string of the molecule is Cc1ccc(NC(=O)CCc2ccco2)cc1S(=O)(=O)N1CCOCC1. The van der Waals surface area contributed by atoms with Gasteiger partial charge in [-0.15, -0.1) is 0 Å². The number of carbonyl (C=O) groups excluding carboxylic acids is 1. The van der Waals surface area contributed by atoms with Crippen LogP contribution < -0.4 is 5.32 Å². The molecule has 1 saturated heterocycles. The van der Waals surface area contributed by atoms with Crippen molar-refractivity contribution in [3.05, 3.63) is 47.9 Å². The van der Waals surface area contributed by atoms with Gasteiger partial charge in [0.15, 0.2) is 0 Å². The predicted molar refractivity (Wildman–Crippen MR) is 96.4 cm³/mol. The zero-order valence-corrected chi connectivity index (χ0v) is 15.4. The minimum Gasteiger partial charge on any atom is -0.469 e. The third kappa shape index (κ3) is 4.32. The van der Waals surface area contributed by atoms with Gasteiger partial charge in [-0.2, -0.15) is 4.31 Å². The molecule has 0 spiro atoms. The van der Waals surface area contributed by atoms with E-state index >= 15 is 0 Å². The monoisotopic (exact) mass is 378 g/mol. The van der Waals surface area contributed by atoms with E-state index in [9.17, 15) is 13.2 Å². The molecule has 0 unspecified atom stereocenters. The van der Waals surface area contributed by atoms with E-state index in [1.54, 1.807) is 31.4 Å². The van der Waals surface area contributed by atoms with Crippen molar-refractivity contribution >= 4 is 21.6 Å². The van der Waals surface area contributed by atoms with E-state index in [2.05, 4.69) is 5.32 Å². The fourth-order valence-corrected chi connectivity index (χ4v) is 4.46. The molecule has 0 radical (unpaired) electrons. The second-order valence-electron chi connectivity index (χ2n) is 6.12. The average Bonchev–Trinajstić information content (AvgIpc) is 3.16. The Labute approximate surface area is 153 Å². The molecule has 140 valence electrons. The normalized spacial score (nSPS) is 15.7. The van der Waals surface area contributed by atoms with Crippen molar-refractivity contribution in [3.8, 4) is 0 Å². The van der Waals surface area contributed by atoms with Crippen molar-refractivity contribution in [1.82, 2.24) is 4.31 Å². The molecule has 1 aliphatic heterocycles. The van der Waals surface area contributed by atoms with Gasteiger partial charge in [0.05, 0.1) is 24.4 Å². The molecule has 1 aromatic carbocycles. The number of ether oxygens (including phenoxy) is 1. The Morgan fingerprint density at radius 3 is 2.69 bits per heavy atom. The summed E-state index contributed by atoms with van der Waals surface area (Å²) in [6.07, 6.45) is 2.31. The summed E-state index contributed by atoms with van der Waals surface area (Å²) in [4.78, 5) is 12.3. The van der Waals surface area contributed by atoms with E-state index in [0.717, 1.165) is 5.76 Å². The number of aryl methyl sites for hydroxylation is 2. The minimum absolute atomic E-state index is 0.194. The van der Waals surface area contributed by atoms with Crippen LogP contribution in [0.2, 0.25) is 0 Å². The Morgan fingerprint density at radius 2 is 2.00 bits per heavy atom. The van der Waals surface area contributed by atoms with Gasteiger partial charge in [0, 0.05) is 31.6 Å². The average molecular weight is 378 g/mol. The second kappa shape index (κ2) is 8.03. The van der Waals surface area contributed by atoms with E-state index in [-0.39, 0.29) is 17.2 Å². The zero-order chi connectivity index (χ0) is 18.6. The summed E-state index contributed by atoms with van der Waals surface area (Å²) in [6.45, 7) is 3.20. The Hall–Kier alpha value is -2.16. The van der Waals surface area contributed by atoms with Crippen molar-refractivity contribution < 1.29 is 22.4 Å². The van der Waals surface area contributed by atoms with Gasteiger partial charge in [-0.3, -0.25) is 4.79 Å². The lowest BCUT2D eigenvalue weighted by Gasteiger charge is -2.26. The number of hydrogen-bond acceptors (Lipinski definition) is 5. The van der Waals surface area contributed by atoms with Gasteiger partial charge in [-0.1, -0.05) is 6.07 Å². The van der Waals surface area contributed by atoms with Crippen LogP contribution in [-0.4, -0.2) is 44.9 Å². The summed E-state index contributed by atoms with van der Waals surface area (Å²) in [5.41, 5.74) is 1.11. The summed E-state index contributed by atoms with van der Waals surface area (Å²) in [5.74, 6) is 0.541. The maximum atomic E-state index is 12.9. The lowest BCUT2D eigenvalue weighted by Crippen LogP contribution is -2.40. The number of sulfonamides is 1. The number of hydrogen-bond donors (Lipinski definition) is 1. The standard InChI is InChI=1S/C18H22N2O5S/c1-14-4-5-15(19-18(21)7-6-16-3-2-10-25-16)13-17(14)26(22,23)20-8-11-24-12-9-20/h2-5,10,13H,6-9,11-12H2,1H3,(H,19,21). The lowest BCUT2D eigenvalue weighted by molar-refractivity contribution is -0.116. The first-order chi connectivity index (χ1) is 12.5. The zero-order valence-electron chi connectivity index (χ0n) is 14.6. The molecule has 8 heteroatoms. The number of carbonyl (C=O) groups is 1. The van der Waals surface area contributed by atoms with Crippen LogP contribution in [0.1, 0.15) is 17.7 Å². The van der Waals surface area contributed by atoms with Crippen molar-refractivity contribution in [1.29, 1.82) is 0 Å². The van der Waals surface area contributed by atoms with Crippen LogP contribution in [0.5, 0.6) is 0 Å². The summed E-state index contributed by atoms with van der Waals surface area (Å²) in [6, 6.07) is 8.51. The molecular weight excluding hydrogens is 356 g/mol. The summed E-state index contributed by atoms with van der Waals surface area (Å²) in [7, 11) is -3.61. The fraction of sp³-hybridized carbons (Fsp3) is 0.389. The topological polar surface area (TPSA) is 88.8 Å². The number of anilines is 1. The van der Waals surface area contributed by atoms with Gasteiger partial charge in [0.25, 0.3) is 0 Å². The van der Waals surface area contributed by atoms with Crippen LogP contribution in [0.25, 0.3) is 0 Å². The van der Waals surface area contributed by atoms with Gasteiger partial charge in [0.1, 0.15) is 5.76 Å². The molecule has 7 nitrogen and oxygen atoms in total. The van der Waals surface area contributed by atoms with E-state index in [4.69, 9.17) is 9.15 Å². The quantitative estimate of drug-likeness (QED) is 0.832. The molecule has 1 amide bonds. The summed E-state index contributed by atoms with van der Waals surface area (Å²) in [5, 5.41) is 2.76. The molecule has 0 saturated carbocycles. The Balaban J connectivity index is 1.71. The molecule has 0 atom stereocenters. The number of nitrogens with zero attached hydrogens (tertiary/aromatic N) is 1. The van der Waals surface area contributed by atoms with E-state index in [0.29, 0.717) is 44.0 Å². The van der Waals surface area contributed by atoms with Gasteiger partial charge in [-0.25, -0.2) is 8.42 Å². The highest BCUT2D eigenvalue weighted by atomic mass is 32.2. The minimum atomic E-state index is -3.61. The number of rotatable bonds is 6. The number of benzene rings is 1. The predicted octanol–water partition coefficient (Wildman–Crippen LogP) is 2.18. The molecule has 0 bridgehead atoms. The van der Waals surface area contributed by atoms with E-state index in [1.165, 1.54) is 10.4 Å². The summed E-state index contributed by atoms with van der Waals surface area (Å²) < 4.78 is 37.6. The van der Waals surface area contributed by atoms with Crippen molar-refractivity contribution in [3.63, 3.8) is 0 Å². The molecule has 2 heterocycles. The smallest absolute Gasteiger partial charge is 0.243 e. The van der Waals surface area contributed by atoms with Gasteiger partial charge < -0.3 is 14.5 Å². The van der Waals surface area contributed by atoms with Gasteiger partial charge in [-0.05, 0) is 36.8 Å². The highest BCUT2D eigenvalue weighted by Gasteiger charge is 2.28. The largest absolute Gasteiger partial charge is 0.469 e. The van der Waals surface area contributed by atoms with Crippen LogP contribution >= 0.6 is 0 Å². The van der Waals surface area contributed by atoms with Crippen molar-refractivity contribution in [2.24, 2.45) is 0 Å². The van der Waals surface area contributed by atoms with Gasteiger partial charge >= 0.3 is 0 Å². The van der Waals surface area contributed by atoms with Crippen molar-refractivity contribution in [2.75, 3.05) is 31.6 Å². The Kier molecular flexibility index (Phi) is 5.75. The first-order valence-electron chi connectivity index (χ1n) is 8.47. The molecule has 1 N–H and O–H groups in total. The molecule has 1 fully saturated rings. The number of amides is 1. The van der Waals surface area contributed by atoms with E-state index < -0.39 is 10.0 Å². The Morgan fingerprint density at radius 1 is 1.23 bits per heavy atom. The molecule has 3 rings (SSSR count). The lowest BCUT2D eigenvalue weighted by atomic mass is 10.2. The van der Waals surface area contributed by atoms with Crippen molar-refractivity contribution in [2.45, 2.75) is 24.7 Å². The molecule has 2 aromatic rings. The number of furan rings is 1. The first-order valence-corrected chi connectivity index (χ1v) is 9.91. The molecule has 1 aliphatic rings. The van der Waals surface area contributed by atoms with Crippen LogP contribution in [0.15, 0.2) is 45.9 Å². The number of morpholine rings is 1. The number of nitrogens with one attached hydrogen (secondary N) is 1. The molecular formula is C18H22N2O5S. The fourth-order valence-electron chi connectivity index (χ4n) is 2.80.